The van der Waals surface area contributed by atoms with Crippen LogP contribution in [0.3, 0.4) is 0 Å². The number of halogens is 1. The van der Waals surface area contributed by atoms with Gasteiger partial charge in [-0.05, 0) is 80.3 Å². The lowest BCUT2D eigenvalue weighted by atomic mass is 9.91. The number of nitrogens with one attached hydrogen (secondary N) is 1. The Balaban J connectivity index is 2.55. The van der Waals surface area contributed by atoms with Gasteiger partial charge in [0, 0.05) is 5.02 Å². The zero-order valence-electron chi connectivity index (χ0n) is 12.8. The molecule has 0 fully saturated rings. The third kappa shape index (κ3) is 3.05. The second kappa shape index (κ2) is 5.99. The second-order valence-corrected chi connectivity index (χ2v) is 6.01. The van der Waals surface area contributed by atoms with Crippen molar-refractivity contribution in [2.24, 2.45) is 0 Å². The minimum absolute atomic E-state index is 0.173. The molecule has 0 saturated heterocycles. The quantitative estimate of drug-likeness (QED) is 0.848. The maximum atomic E-state index is 6.21. The summed E-state index contributed by atoms with van der Waals surface area (Å²) in [6.45, 7) is 8.57. The molecule has 0 bridgehead atoms. The van der Waals surface area contributed by atoms with Gasteiger partial charge in [0.05, 0.1) is 6.04 Å². The van der Waals surface area contributed by atoms with Gasteiger partial charge < -0.3 is 5.32 Å². The second-order valence-electron chi connectivity index (χ2n) is 5.58. The molecular weight excluding hydrogens is 266 g/mol. The molecule has 0 saturated carbocycles. The van der Waals surface area contributed by atoms with Crippen molar-refractivity contribution in [3.63, 3.8) is 0 Å². The monoisotopic (exact) mass is 287 g/mol. The van der Waals surface area contributed by atoms with Crippen LogP contribution in [0, 0.1) is 27.7 Å². The molecule has 2 aromatic rings. The number of aryl methyl sites for hydroxylation is 4. The predicted molar refractivity (Wildman–Crippen MR) is 87.7 cm³/mol. The molecule has 0 radical (unpaired) electrons. The highest BCUT2D eigenvalue weighted by molar-refractivity contribution is 6.30. The van der Waals surface area contributed by atoms with Crippen LogP contribution in [0.1, 0.15) is 39.4 Å². The van der Waals surface area contributed by atoms with Gasteiger partial charge in [-0.1, -0.05) is 29.8 Å². The molecule has 0 aromatic heterocycles. The van der Waals surface area contributed by atoms with E-state index in [0.717, 1.165) is 5.02 Å². The van der Waals surface area contributed by atoms with Gasteiger partial charge in [-0.15, -0.1) is 0 Å². The summed E-state index contributed by atoms with van der Waals surface area (Å²) in [4.78, 5) is 0. The van der Waals surface area contributed by atoms with Gasteiger partial charge in [0.15, 0.2) is 0 Å². The van der Waals surface area contributed by atoms with Crippen LogP contribution in [0.2, 0.25) is 5.02 Å². The zero-order chi connectivity index (χ0) is 14.9. The summed E-state index contributed by atoms with van der Waals surface area (Å²) >= 11 is 6.21. The van der Waals surface area contributed by atoms with E-state index in [1.165, 1.54) is 33.4 Å². The lowest BCUT2D eigenvalue weighted by Crippen LogP contribution is -2.19. The van der Waals surface area contributed by atoms with E-state index < -0.39 is 0 Å². The van der Waals surface area contributed by atoms with Crippen LogP contribution in [-0.4, -0.2) is 7.05 Å². The van der Waals surface area contributed by atoms with Crippen molar-refractivity contribution >= 4 is 11.6 Å². The number of hydrogen-bond acceptors (Lipinski definition) is 1. The molecule has 0 aliphatic carbocycles. The van der Waals surface area contributed by atoms with E-state index in [-0.39, 0.29) is 6.04 Å². The zero-order valence-corrected chi connectivity index (χ0v) is 13.6. The van der Waals surface area contributed by atoms with Gasteiger partial charge in [0.2, 0.25) is 0 Å². The Labute approximate surface area is 127 Å². The van der Waals surface area contributed by atoms with Gasteiger partial charge in [0.1, 0.15) is 0 Å². The van der Waals surface area contributed by atoms with E-state index >= 15 is 0 Å². The van der Waals surface area contributed by atoms with Crippen LogP contribution in [-0.2, 0) is 0 Å². The van der Waals surface area contributed by atoms with Gasteiger partial charge in [-0.25, -0.2) is 0 Å². The van der Waals surface area contributed by atoms with E-state index in [9.17, 15) is 0 Å². The van der Waals surface area contributed by atoms with Crippen molar-refractivity contribution in [3.8, 4) is 0 Å². The number of hydrogen-bond donors (Lipinski definition) is 1. The Morgan fingerprint density at radius 1 is 0.850 bits per heavy atom. The van der Waals surface area contributed by atoms with Crippen LogP contribution in [0.4, 0.5) is 0 Å². The molecule has 0 amide bonds. The third-order valence-electron chi connectivity index (χ3n) is 3.88. The maximum absolute atomic E-state index is 6.21. The van der Waals surface area contributed by atoms with Crippen LogP contribution >= 0.6 is 11.6 Å². The molecule has 1 nitrogen and oxygen atoms in total. The largest absolute Gasteiger partial charge is 0.309 e. The first kappa shape index (κ1) is 15.1. The summed E-state index contributed by atoms with van der Waals surface area (Å²) in [6, 6.07) is 10.9. The SMILES string of the molecule is CNC(c1cc(C)cc(Cl)c1)c1cc(C)c(C)cc1C. The summed E-state index contributed by atoms with van der Waals surface area (Å²) in [7, 11) is 2.00. The fourth-order valence-corrected chi connectivity index (χ4v) is 3.02. The molecule has 1 atom stereocenters. The van der Waals surface area contributed by atoms with Crippen molar-refractivity contribution in [2.75, 3.05) is 7.05 Å². The lowest BCUT2D eigenvalue weighted by molar-refractivity contribution is 0.686. The number of rotatable bonds is 3. The van der Waals surface area contributed by atoms with Crippen molar-refractivity contribution in [2.45, 2.75) is 33.7 Å². The molecule has 0 aliphatic heterocycles. The fraction of sp³-hybridized carbons (Fsp3) is 0.333. The van der Waals surface area contributed by atoms with E-state index in [4.69, 9.17) is 11.6 Å². The summed E-state index contributed by atoms with van der Waals surface area (Å²) in [5, 5.41) is 4.21. The molecule has 0 aliphatic rings. The molecular formula is C18H22ClN. The Hall–Kier alpha value is -1.31. The average Bonchev–Trinajstić information content (AvgIpc) is 2.35. The van der Waals surface area contributed by atoms with Gasteiger partial charge in [0.25, 0.3) is 0 Å². The summed E-state index contributed by atoms with van der Waals surface area (Å²) in [6.07, 6.45) is 0. The van der Waals surface area contributed by atoms with E-state index in [2.05, 4.69) is 51.2 Å². The molecule has 2 rings (SSSR count). The predicted octanol–water partition coefficient (Wildman–Crippen LogP) is 4.88. The highest BCUT2D eigenvalue weighted by Crippen LogP contribution is 2.29. The lowest BCUT2D eigenvalue weighted by Gasteiger charge is -2.21. The fourth-order valence-electron chi connectivity index (χ4n) is 2.73. The highest BCUT2D eigenvalue weighted by atomic mass is 35.5. The number of benzene rings is 2. The van der Waals surface area contributed by atoms with Crippen molar-refractivity contribution in [1.29, 1.82) is 0 Å². The highest BCUT2D eigenvalue weighted by Gasteiger charge is 2.16. The molecule has 106 valence electrons. The van der Waals surface area contributed by atoms with Gasteiger partial charge in [-0.2, -0.15) is 0 Å². The molecule has 0 spiro atoms. The first-order valence-corrected chi connectivity index (χ1v) is 7.32. The van der Waals surface area contributed by atoms with Crippen LogP contribution in [0.5, 0.6) is 0 Å². The molecule has 2 aromatic carbocycles. The first-order valence-electron chi connectivity index (χ1n) is 6.94. The molecule has 1 unspecified atom stereocenters. The van der Waals surface area contributed by atoms with Crippen LogP contribution < -0.4 is 5.32 Å². The standard InChI is InChI=1S/C18H22ClN/c1-11-6-15(10-16(19)7-11)18(20-5)17-9-13(3)12(2)8-14(17)4/h6-10,18,20H,1-5H3. The first-order chi connectivity index (χ1) is 9.42. The maximum Gasteiger partial charge on any atom is 0.0577 e. The minimum atomic E-state index is 0.173. The molecule has 2 heteroatoms. The van der Waals surface area contributed by atoms with E-state index in [0.29, 0.717) is 0 Å². The van der Waals surface area contributed by atoms with E-state index in [1.807, 2.05) is 19.2 Å². The topological polar surface area (TPSA) is 12.0 Å². The Kier molecular flexibility index (Phi) is 4.52. The molecule has 0 heterocycles. The normalized spacial score (nSPS) is 12.5. The summed E-state index contributed by atoms with van der Waals surface area (Å²) in [5.74, 6) is 0. The summed E-state index contributed by atoms with van der Waals surface area (Å²) in [5.41, 5.74) is 7.69. The Morgan fingerprint density at radius 2 is 1.50 bits per heavy atom. The van der Waals surface area contributed by atoms with Crippen molar-refractivity contribution in [3.05, 3.63) is 68.7 Å². The third-order valence-corrected chi connectivity index (χ3v) is 4.10. The minimum Gasteiger partial charge on any atom is -0.309 e. The molecule has 20 heavy (non-hydrogen) atoms. The van der Waals surface area contributed by atoms with E-state index in [1.54, 1.807) is 0 Å². The van der Waals surface area contributed by atoms with Crippen LogP contribution in [0.25, 0.3) is 0 Å². The average molecular weight is 288 g/mol. The van der Waals surface area contributed by atoms with Crippen molar-refractivity contribution < 1.29 is 0 Å². The molecule has 1 N–H and O–H groups in total. The van der Waals surface area contributed by atoms with Gasteiger partial charge in [-0.3, -0.25) is 0 Å². The van der Waals surface area contributed by atoms with Gasteiger partial charge >= 0.3 is 0 Å². The summed E-state index contributed by atoms with van der Waals surface area (Å²) < 4.78 is 0. The Morgan fingerprint density at radius 3 is 2.10 bits per heavy atom. The van der Waals surface area contributed by atoms with Crippen LogP contribution in [0.15, 0.2) is 30.3 Å². The van der Waals surface area contributed by atoms with Crippen molar-refractivity contribution in [1.82, 2.24) is 5.32 Å². The smallest absolute Gasteiger partial charge is 0.0577 e. The Bertz CT molecular complexity index is 611.